The lowest BCUT2D eigenvalue weighted by molar-refractivity contribution is -0.138. The highest BCUT2D eigenvalue weighted by Crippen LogP contribution is 2.29. The average molecular weight is 478 g/mol. The van der Waals surface area contributed by atoms with E-state index in [1.54, 1.807) is 0 Å². The van der Waals surface area contributed by atoms with Gasteiger partial charge in [-0.15, -0.1) is 0 Å². The van der Waals surface area contributed by atoms with Crippen molar-refractivity contribution in [3.8, 4) is 0 Å². The SMILES string of the molecule is C[Si](C)(C)O[Si](CCCOC(=O)C(Cl)=CCl)(O[Si](C)(C)C)O[Si](C)(C)C. The number of halogens is 2. The molecule has 0 aliphatic rings. The van der Waals surface area contributed by atoms with E-state index in [1.165, 1.54) is 0 Å². The number of hydrogen-bond donors (Lipinski definition) is 0. The molecule has 11 heteroatoms. The zero-order valence-electron chi connectivity index (χ0n) is 17.5. The second-order valence-corrected chi connectivity index (χ2v) is 26.6. The third kappa shape index (κ3) is 12.8. The van der Waals surface area contributed by atoms with Crippen LogP contribution in [0.15, 0.2) is 10.6 Å². The molecule has 5 nitrogen and oxygen atoms in total. The Balaban J connectivity index is 5.29. The Morgan fingerprint density at radius 3 is 1.54 bits per heavy atom. The molecule has 0 radical (unpaired) electrons. The maximum absolute atomic E-state index is 11.6. The zero-order valence-corrected chi connectivity index (χ0v) is 23.0. The molecule has 0 saturated heterocycles. The van der Waals surface area contributed by atoms with Gasteiger partial charge in [-0.3, -0.25) is 0 Å². The summed E-state index contributed by atoms with van der Waals surface area (Å²) < 4.78 is 24.8. The molecule has 0 aromatic heterocycles. The van der Waals surface area contributed by atoms with Crippen LogP contribution in [-0.4, -0.2) is 46.3 Å². The van der Waals surface area contributed by atoms with Crippen LogP contribution in [0.3, 0.4) is 0 Å². The van der Waals surface area contributed by atoms with Crippen LogP contribution in [0.2, 0.25) is 65.0 Å². The van der Waals surface area contributed by atoms with E-state index in [0.717, 1.165) is 5.54 Å². The standard InChI is InChI=1S/C15H34Cl2O5Si4/c1-23(2,3)20-26(21-24(4,5)6,22-25(7,8)9)12-10-11-19-15(18)14(17)13-16/h13H,10-12H2,1-9H3. The van der Waals surface area contributed by atoms with Crippen molar-refractivity contribution in [2.45, 2.75) is 71.4 Å². The number of esters is 1. The molecule has 0 rings (SSSR count). The van der Waals surface area contributed by atoms with Gasteiger partial charge in [0.2, 0.25) is 0 Å². The van der Waals surface area contributed by atoms with E-state index in [-0.39, 0.29) is 11.6 Å². The van der Waals surface area contributed by atoms with Gasteiger partial charge in [0, 0.05) is 11.6 Å². The van der Waals surface area contributed by atoms with Gasteiger partial charge in [-0.2, -0.15) is 0 Å². The Bertz CT molecular complexity index is 455. The second kappa shape index (κ2) is 10.4. The molecule has 0 atom stereocenters. The molecule has 154 valence electrons. The summed E-state index contributed by atoms with van der Waals surface area (Å²) in [4.78, 5) is 11.6. The maximum atomic E-state index is 11.6. The van der Waals surface area contributed by atoms with Gasteiger partial charge >= 0.3 is 14.8 Å². The quantitative estimate of drug-likeness (QED) is 0.165. The first-order chi connectivity index (χ1) is 11.5. The molecular formula is C15H34Cl2O5Si4. The summed E-state index contributed by atoms with van der Waals surface area (Å²) in [5.74, 6) is -0.628. The summed E-state index contributed by atoms with van der Waals surface area (Å²) >= 11 is 11.1. The molecule has 0 aromatic carbocycles. The van der Waals surface area contributed by atoms with Crippen molar-refractivity contribution in [3.63, 3.8) is 0 Å². The van der Waals surface area contributed by atoms with Crippen LogP contribution in [0.25, 0.3) is 0 Å². The van der Waals surface area contributed by atoms with Crippen molar-refractivity contribution < 1.29 is 21.9 Å². The average Bonchev–Trinajstić information content (AvgIpc) is 2.36. The largest absolute Gasteiger partial charge is 0.469 e. The van der Waals surface area contributed by atoms with Crippen LogP contribution in [0.1, 0.15) is 6.42 Å². The number of carbonyl (C=O) groups excluding carboxylic acids is 1. The van der Waals surface area contributed by atoms with Gasteiger partial charge in [0.15, 0.2) is 25.0 Å². The van der Waals surface area contributed by atoms with Gasteiger partial charge in [-0.25, -0.2) is 4.79 Å². The number of hydrogen-bond acceptors (Lipinski definition) is 5. The van der Waals surface area contributed by atoms with Crippen LogP contribution in [0.4, 0.5) is 0 Å². The fourth-order valence-electron chi connectivity index (χ4n) is 2.18. The molecule has 26 heavy (non-hydrogen) atoms. The van der Waals surface area contributed by atoms with E-state index in [2.05, 4.69) is 58.9 Å². The highest BCUT2D eigenvalue weighted by atomic mass is 35.5. The summed E-state index contributed by atoms with van der Waals surface area (Å²) in [6.07, 6.45) is 0.587. The van der Waals surface area contributed by atoms with Gasteiger partial charge in [-0.05, 0) is 65.3 Å². The van der Waals surface area contributed by atoms with Gasteiger partial charge < -0.3 is 17.1 Å². The van der Waals surface area contributed by atoms with Crippen LogP contribution < -0.4 is 0 Å². The van der Waals surface area contributed by atoms with E-state index in [9.17, 15) is 4.79 Å². The molecule has 0 aliphatic heterocycles. The Labute approximate surface area is 173 Å². The summed E-state index contributed by atoms with van der Waals surface area (Å²) in [6, 6.07) is 0.612. The third-order valence-corrected chi connectivity index (χ3v) is 15.2. The predicted octanol–water partition coefficient (Wildman–Crippen LogP) is 5.73. The number of rotatable bonds is 11. The van der Waals surface area contributed by atoms with E-state index in [4.69, 9.17) is 40.3 Å². The molecule has 0 aliphatic carbocycles. The van der Waals surface area contributed by atoms with Gasteiger partial charge in [-0.1, -0.05) is 23.2 Å². The molecule has 0 spiro atoms. The molecule has 0 amide bonds. The van der Waals surface area contributed by atoms with Crippen LogP contribution in [0.5, 0.6) is 0 Å². The molecule has 0 fully saturated rings. The summed E-state index contributed by atoms with van der Waals surface area (Å²) in [5, 5.41) is -0.134. The minimum absolute atomic E-state index is 0.134. The number of ether oxygens (including phenoxy) is 1. The summed E-state index contributed by atoms with van der Waals surface area (Å²) in [7, 11) is -8.58. The van der Waals surface area contributed by atoms with Crippen molar-refractivity contribution in [3.05, 3.63) is 10.6 Å². The maximum Gasteiger partial charge on any atom is 0.469 e. The zero-order chi connectivity index (χ0) is 20.8. The highest BCUT2D eigenvalue weighted by molar-refractivity contribution is 6.90. The Morgan fingerprint density at radius 2 is 1.23 bits per heavy atom. The van der Waals surface area contributed by atoms with Gasteiger partial charge in [0.25, 0.3) is 0 Å². The summed E-state index contributed by atoms with van der Waals surface area (Å²) in [6.45, 7) is 19.5. The van der Waals surface area contributed by atoms with Crippen LogP contribution in [0, 0.1) is 0 Å². The molecule has 0 heterocycles. The molecular weight excluding hydrogens is 443 g/mol. The Morgan fingerprint density at radius 1 is 0.846 bits per heavy atom. The van der Waals surface area contributed by atoms with Crippen molar-refractivity contribution in [1.29, 1.82) is 0 Å². The van der Waals surface area contributed by atoms with E-state index in [0.29, 0.717) is 12.5 Å². The molecule has 0 saturated carbocycles. The van der Waals surface area contributed by atoms with E-state index in [1.807, 2.05) is 0 Å². The van der Waals surface area contributed by atoms with Crippen molar-refractivity contribution in [2.75, 3.05) is 6.61 Å². The fourth-order valence-corrected chi connectivity index (χ4v) is 16.9. The Kier molecular flexibility index (Phi) is 10.6. The lowest BCUT2D eigenvalue weighted by Gasteiger charge is -2.42. The van der Waals surface area contributed by atoms with E-state index < -0.39 is 39.7 Å². The van der Waals surface area contributed by atoms with E-state index >= 15 is 0 Å². The molecule has 0 unspecified atom stereocenters. The Hall–Kier alpha value is 0.538. The van der Waals surface area contributed by atoms with Crippen molar-refractivity contribution >= 4 is 62.9 Å². The minimum atomic E-state index is -2.89. The van der Waals surface area contributed by atoms with Crippen LogP contribution >= 0.6 is 23.2 Å². The monoisotopic (exact) mass is 476 g/mol. The predicted molar refractivity (Wildman–Crippen MR) is 119 cm³/mol. The van der Waals surface area contributed by atoms with Gasteiger partial charge in [0.1, 0.15) is 5.03 Å². The lowest BCUT2D eigenvalue weighted by Crippen LogP contribution is -2.60. The highest BCUT2D eigenvalue weighted by Gasteiger charge is 2.49. The van der Waals surface area contributed by atoms with Gasteiger partial charge in [0.05, 0.1) is 6.61 Å². The minimum Gasteiger partial charge on any atom is -0.461 e. The van der Waals surface area contributed by atoms with Crippen LogP contribution in [-0.2, 0) is 21.9 Å². The molecule has 0 bridgehead atoms. The lowest BCUT2D eigenvalue weighted by atomic mass is 10.5. The molecule has 0 N–H and O–H groups in total. The number of carbonyl (C=O) groups is 1. The second-order valence-electron chi connectivity index (χ2n) is 9.02. The first-order valence-corrected chi connectivity index (χ1v) is 21.7. The fraction of sp³-hybridized carbons (Fsp3) is 0.800. The first-order valence-electron chi connectivity index (χ1n) is 8.72. The topological polar surface area (TPSA) is 54.0 Å². The van der Waals surface area contributed by atoms with Crippen molar-refractivity contribution in [2.24, 2.45) is 0 Å². The molecule has 0 aromatic rings. The first kappa shape index (κ1) is 26.5. The normalized spacial score (nSPS) is 14.5. The summed E-state index contributed by atoms with van der Waals surface area (Å²) in [5.41, 5.74) is 1.000. The third-order valence-electron chi connectivity index (χ3n) is 2.54. The smallest absolute Gasteiger partial charge is 0.461 e. The van der Waals surface area contributed by atoms with Crippen molar-refractivity contribution in [1.82, 2.24) is 0 Å².